The van der Waals surface area contributed by atoms with E-state index in [0.29, 0.717) is 13.0 Å². The predicted molar refractivity (Wildman–Crippen MR) is 216 cm³/mol. The number of esters is 1. The number of nitrogens with zero attached hydrogens (tertiary/aromatic N) is 3. The van der Waals surface area contributed by atoms with Gasteiger partial charge >= 0.3 is 5.97 Å². The fraction of sp³-hybridized carbons (Fsp3) is 0.951. The quantitative estimate of drug-likeness (QED) is 0.274. The fourth-order valence-corrected chi connectivity index (χ4v) is 10.9. The summed E-state index contributed by atoms with van der Waals surface area (Å²) in [5, 5.41) is 47.9. The number of amidine groups is 1. The minimum absolute atomic E-state index is 0.0873. The average Bonchev–Trinajstić information content (AvgIpc) is 3.41. The fourth-order valence-electron chi connectivity index (χ4n) is 9.41. The van der Waals surface area contributed by atoms with Crippen molar-refractivity contribution in [3.05, 3.63) is 0 Å². The molecule has 14 nitrogen and oxygen atoms in total. The number of cyclic esters (lactones) is 1. The Balaban J connectivity index is 1.83. The van der Waals surface area contributed by atoms with E-state index in [1.54, 1.807) is 46.4 Å². The number of carbonyl (C=O) groups is 1. The highest BCUT2D eigenvalue weighted by molar-refractivity contribution is 8.14. The molecule has 18 atom stereocenters. The Hall–Kier alpha value is -1.11. The number of aliphatic hydroxyl groups excluding tert-OH is 2. The number of aliphatic hydroxyl groups is 4. The van der Waals surface area contributed by atoms with Gasteiger partial charge in [-0.15, -0.1) is 0 Å². The van der Waals surface area contributed by atoms with Crippen molar-refractivity contribution in [3.8, 4) is 0 Å². The molecule has 326 valence electrons. The van der Waals surface area contributed by atoms with Crippen molar-refractivity contribution in [3.63, 3.8) is 0 Å². The van der Waals surface area contributed by atoms with Gasteiger partial charge in [0.2, 0.25) is 0 Å². The molecule has 0 spiro atoms. The largest absolute Gasteiger partial charge is 0.459 e. The van der Waals surface area contributed by atoms with Crippen molar-refractivity contribution in [2.24, 2.45) is 22.7 Å². The molecule has 0 aromatic heterocycles. The van der Waals surface area contributed by atoms with E-state index in [9.17, 15) is 25.2 Å². The minimum atomic E-state index is -1.78. The Bertz CT molecular complexity index is 1340. The number of rotatable bonds is 7. The van der Waals surface area contributed by atoms with E-state index in [4.69, 9.17) is 33.4 Å². The van der Waals surface area contributed by atoms with E-state index < -0.39 is 89.9 Å². The molecule has 56 heavy (non-hydrogen) atoms. The van der Waals surface area contributed by atoms with Crippen LogP contribution in [0.15, 0.2) is 4.99 Å². The third-order valence-electron chi connectivity index (χ3n) is 12.9. The maximum atomic E-state index is 14.4. The lowest BCUT2D eigenvalue weighted by Crippen LogP contribution is -2.59. The van der Waals surface area contributed by atoms with Crippen LogP contribution in [0.4, 0.5) is 0 Å². The summed E-state index contributed by atoms with van der Waals surface area (Å²) in [5.74, 6) is -2.38. The van der Waals surface area contributed by atoms with Gasteiger partial charge in [-0.2, -0.15) is 0 Å². The number of fused-ring (bicyclic) bond motifs is 1. The van der Waals surface area contributed by atoms with Gasteiger partial charge < -0.3 is 58.6 Å². The van der Waals surface area contributed by atoms with Crippen molar-refractivity contribution < 1.29 is 53.6 Å². The predicted octanol–water partition coefficient (Wildman–Crippen LogP) is 3.79. The number of aliphatic imine (C=N–C) groups is 1. The summed E-state index contributed by atoms with van der Waals surface area (Å²) in [7, 11) is 5.46. The third-order valence-corrected chi connectivity index (χ3v) is 14.3. The van der Waals surface area contributed by atoms with Crippen molar-refractivity contribution in [1.29, 1.82) is 0 Å². The summed E-state index contributed by atoms with van der Waals surface area (Å²) < 4.78 is 38.7. The molecule has 4 aliphatic rings. The van der Waals surface area contributed by atoms with E-state index in [0.717, 1.165) is 11.6 Å². The molecule has 15 heteroatoms. The van der Waals surface area contributed by atoms with Gasteiger partial charge in [-0.3, -0.25) is 9.79 Å². The molecule has 1 unspecified atom stereocenters. The Kier molecular flexibility index (Phi) is 15.8. The van der Waals surface area contributed by atoms with Crippen molar-refractivity contribution in [2.45, 2.75) is 204 Å². The third kappa shape index (κ3) is 10.2. The lowest BCUT2D eigenvalue weighted by atomic mass is 9.77. The zero-order valence-corrected chi connectivity index (χ0v) is 37.5. The first-order chi connectivity index (χ1) is 25.9. The Morgan fingerprint density at radius 3 is 2.21 bits per heavy atom. The molecule has 0 aromatic carbocycles. The van der Waals surface area contributed by atoms with Crippen LogP contribution < -0.4 is 0 Å². The second kappa shape index (κ2) is 18.7. The van der Waals surface area contributed by atoms with Crippen LogP contribution in [0.3, 0.4) is 0 Å². The molecule has 4 rings (SSSR count). The minimum Gasteiger partial charge on any atom is -0.459 e. The smallest absolute Gasteiger partial charge is 0.311 e. The molecule has 4 N–H and O–H groups in total. The zero-order valence-electron chi connectivity index (χ0n) is 36.7. The molecule has 4 aliphatic heterocycles. The SMILES string of the molecule is CCC1OC(=O)[C@H](C)[C@@H](O[C@H]2C[C@@](C)(OC)[C@@H](O)[C@H](C)O2)[C@H](C)[C@@H](O[C@@H]2O[C@H](C)C[C@H]3[C@@H]2SC(=NC(C)C)N3C)[C@](C)(O)C[C@@H](C)CN(C)[C@H](C)[C@@H](O)[C@]1(C)O. The van der Waals surface area contributed by atoms with Gasteiger partial charge in [-0.05, 0) is 94.5 Å². The van der Waals surface area contributed by atoms with E-state index in [2.05, 4.69) is 25.8 Å². The van der Waals surface area contributed by atoms with E-state index >= 15 is 0 Å². The molecule has 0 saturated carbocycles. The van der Waals surface area contributed by atoms with Gasteiger partial charge in [0.1, 0.15) is 23.9 Å². The van der Waals surface area contributed by atoms with Crippen LogP contribution in [0.1, 0.15) is 109 Å². The van der Waals surface area contributed by atoms with Crippen LogP contribution in [-0.2, 0) is 33.2 Å². The van der Waals surface area contributed by atoms with Gasteiger partial charge in [-0.25, -0.2) is 0 Å². The van der Waals surface area contributed by atoms with Gasteiger partial charge in [-0.1, -0.05) is 32.5 Å². The molecule has 0 amide bonds. The van der Waals surface area contributed by atoms with Gasteiger partial charge in [0.15, 0.2) is 17.7 Å². The first-order valence-electron chi connectivity index (χ1n) is 20.7. The van der Waals surface area contributed by atoms with Crippen molar-refractivity contribution in [1.82, 2.24) is 9.80 Å². The maximum absolute atomic E-state index is 14.4. The van der Waals surface area contributed by atoms with E-state index in [1.165, 1.54) is 14.0 Å². The monoisotopic (exact) mass is 818 g/mol. The number of likely N-dealkylation sites (N-methyl/N-ethyl adjacent to an activating group) is 1. The number of thioether (sulfide) groups is 1. The molecule has 0 aliphatic carbocycles. The normalized spacial score (nSPS) is 48.7. The summed E-state index contributed by atoms with van der Waals surface area (Å²) in [6.07, 6.45) is -6.06. The number of carbonyl (C=O) groups excluding carboxylic acids is 1. The highest BCUT2D eigenvalue weighted by Gasteiger charge is 2.54. The number of ether oxygens (including phenoxy) is 6. The van der Waals surface area contributed by atoms with E-state index in [1.807, 2.05) is 39.6 Å². The highest BCUT2D eigenvalue weighted by Crippen LogP contribution is 2.44. The van der Waals surface area contributed by atoms with Crippen LogP contribution in [0.2, 0.25) is 0 Å². The summed E-state index contributed by atoms with van der Waals surface area (Å²) >= 11 is 1.63. The summed E-state index contributed by atoms with van der Waals surface area (Å²) in [6, 6.07) is -0.325. The number of methoxy groups -OCH3 is 1. The Morgan fingerprint density at radius 2 is 1.62 bits per heavy atom. The van der Waals surface area contributed by atoms with E-state index in [-0.39, 0.29) is 42.2 Å². The van der Waals surface area contributed by atoms with Crippen LogP contribution in [0, 0.1) is 17.8 Å². The van der Waals surface area contributed by atoms with Gasteiger partial charge in [0.05, 0.1) is 52.8 Å². The van der Waals surface area contributed by atoms with Gasteiger partial charge in [0, 0.05) is 45.1 Å². The van der Waals surface area contributed by atoms with Crippen molar-refractivity contribution >= 4 is 22.9 Å². The molecule has 0 radical (unpaired) electrons. The van der Waals surface area contributed by atoms with Crippen molar-refractivity contribution in [2.75, 3.05) is 27.7 Å². The summed E-state index contributed by atoms with van der Waals surface area (Å²) in [5.41, 5.74) is -4.27. The van der Waals surface area contributed by atoms with Crippen LogP contribution in [0.5, 0.6) is 0 Å². The van der Waals surface area contributed by atoms with Crippen LogP contribution in [0.25, 0.3) is 0 Å². The highest BCUT2D eigenvalue weighted by atomic mass is 32.2. The Morgan fingerprint density at radius 1 is 0.982 bits per heavy atom. The number of hydrogen-bond acceptors (Lipinski definition) is 14. The second-order valence-electron chi connectivity index (χ2n) is 18.4. The molecule has 4 heterocycles. The zero-order chi connectivity index (χ0) is 42.2. The average molecular weight is 818 g/mol. The molecule has 0 bridgehead atoms. The van der Waals surface area contributed by atoms with Gasteiger partial charge in [0.25, 0.3) is 0 Å². The lowest BCUT2D eigenvalue weighted by Gasteiger charge is -2.48. The first kappa shape index (κ1) is 47.6. The Labute approximate surface area is 340 Å². The van der Waals surface area contributed by atoms with Crippen LogP contribution in [-0.4, -0.2) is 165 Å². The standard InChI is InChI=1S/C41H75N3O11S/c1-16-29-41(12,49)33(45)26(8)43(13)20-22(4)18-39(10,48)35(55-37-32-28(17-23(5)51-37)44(14)38(56-32)42-21(2)3)24(6)31(25(7)36(47)53-29)54-30-19-40(11,50-15)34(46)27(9)52-30/h21-35,37,45-46,48-49H,16-20H2,1-15H3/t22-,23-,24+,25-,26-,27+,28+,29?,30+,31+,32+,33-,34+,35-,37+,39-,40-,41-/m1/s1. The summed E-state index contributed by atoms with van der Waals surface area (Å²) in [6.45, 7) is 22.7. The topological polar surface area (TPSA) is 172 Å². The second-order valence-corrected chi connectivity index (χ2v) is 19.6. The number of hydrogen-bond donors (Lipinski definition) is 4. The first-order valence-corrected chi connectivity index (χ1v) is 21.6. The molecular weight excluding hydrogens is 743 g/mol. The molecular formula is C41H75N3O11S. The lowest BCUT2D eigenvalue weighted by molar-refractivity contribution is -0.307. The van der Waals surface area contributed by atoms with Crippen LogP contribution >= 0.6 is 11.8 Å². The summed E-state index contributed by atoms with van der Waals surface area (Å²) in [4.78, 5) is 23.4. The molecule has 4 saturated heterocycles. The molecule has 0 aromatic rings. The maximum Gasteiger partial charge on any atom is 0.311 e. The molecule has 4 fully saturated rings.